The van der Waals surface area contributed by atoms with Crippen LogP contribution in [0.2, 0.25) is 0 Å². The minimum absolute atomic E-state index is 0.143. The van der Waals surface area contributed by atoms with Crippen molar-refractivity contribution in [2.24, 2.45) is 5.73 Å². The lowest BCUT2D eigenvalue weighted by Crippen LogP contribution is -2.17. The highest BCUT2D eigenvalue weighted by atomic mass is 79.9. The first-order valence-corrected chi connectivity index (χ1v) is 9.30. The topological polar surface area (TPSA) is 35.2 Å². The first kappa shape index (κ1) is 16.5. The summed E-state index contributed by atoms with van der Waals surface area (Å²) >= 11 is 12.2. The minimum atomic E-state index is 0.143. The number of ether oxygens (including phenoxy) is 1. The molecule has 0 spiro atoms. The van der Waals surface area contributed by atoms with Gasteiger partial charge < -0.3 is 10.5 Å². The van der Waals surface area contributed by atoms with Crippen molar-refractivity contribution in [3.05, 3.63) is 47.4 Å². The van der Waals surface area contributed by atoms with Crippen LogP contribution in [0.15, 0.2) is 37.0 Å². The van der Waals surface area contributed by atoms with E-state index in [2.05, 4.69) is 71.4 Å². The van der Waals surface area contributed by atoms with Crippen LogP contribution in [0.25, 0.3) is 0 Å². The molecule has 2 N–H and O–H groups in total. The van der Waals surface area contributed by atoms with Crippen molar-refractivity contribution in [3.8, 4) is 5.75 Å². The molecule has 0 amide bonds. The molecule has 2 rings (SSSR count). The average molecular weight is 484 g/mol. The predicted octanol–water partition coefficient (Wildman–Crippen LogP) is 5.50. The van der Waals surface area contributed by atoms with Crippen molar-refractivity contribution < 1.29 is 4.74 Å². The fourth-order valence-corrected chi connectivity index (χ4v) is 4.69. The average Bonchev–Trinajstić information content (AvgIpc) is 2.73. The third kappa shape index (κ3) is 4.56. The Morgan fingerprint density at radius 1 is 1.20 bits per heavy atom. The Morgan fingerprint density at radius 3 is 2.35 bits per heavy atom. The van der Waals surface area contributed by atoms with Gasteiger partial charge in [-0.05, 0) is 84.9 Å². The smallest absolute Gasteiger partial charge is 0.148 e. The van der Waals surface area contributed by atoms with Gasteiger partial charge in [0.05, 0.1) is 8.95 Å². The molecule has 0 aliphatic heterocycles. The van der Waals surface area contributed by atoms with Crippen LogP contribution in [0, 0.1) is 0 Å². The highest BCUT2D eigenvalue weighted by molar-refractivity contribution is 9.11. The van der Waals surface area contributed by atoms with Crippen LogP contribution in [-0.2, 0) is 13.0 Å². The molecule has 0 bridgehead atoms. The molecule has 2 aromatic rings. The number of nitrogens with two attached hydrogens (primary N) is 1. The summed E-state index contributed by atoms with van der Waals surface area (Å²) in [6.45, 7) is 2.56. The van der Waals surface area contributed by atoms with E-state index >= 15 is 0 Å². The van der Waals surface area contributed by atoms with Gasteiger partial charge in [-0.2, -0.15) is 0 Å². The predicted molar refractivity (Wildman–Crippen MR) is 95.5 cm³/mol. The molecule has 0 aliphatic carbocycles. The van der Waals surface area contributed by atoms with Gasteiger partial charge in [0.2, 0.25) is 0 Å². The monoisotopic (exact) mass is 481 g/mol. The van der Waals surface area contributed by atoms with Crippen molar-refractivity contribution in [1.29, 1.82) is 0 Å². The number of benzene rings is 1. The molecule has 1 heterocycles. The van der Waals surface area contributed by atoms with Crippen LogP contribution in [0.5, 0.6) is 5.75 Å². The highest BCUT2D eigenvalue weighted by Crippen LogP contribution is 2.36. The summed E-state index contributed by atoms with van der Waals surface area (Å²) in [7, 11) is 0. The minimum Gasteiger partial charge on any atom is -0.486 e. The summed E-state index contributed by atoms with van der Waals surface area (Å²) in [5.41, 5.74) is 7.02. The van der Waals surface area contributed by atoms with Gasteiger partial charge >= 0.3 is 0 Å². The van der Waals surface area contributed by atoms with E-state index in [9.17, 15) is 0 Å². The van der Waals surface area contributed by atoms with Gasteiger partial charge in [0.1, 0.15) is 12.4 Å². The summed E-state index contributed by atoms with van der Waals surface area (Å²) in [5.74, 6) is 0.822. The zero-order valence-electron chi connectivity index (χ0n) is 10.8. The molecule has 1 aromatic carbocycles. The highest BCUT2D eigenvalue weighted by Gasteiger charge is 2.11. The molecule has 0 fully saturated rings. The summed E-state index contributed by atoms with van der Waals surface area (Å²) in [6, 6.07) is 6.34. The fourth-order valence-electron chi connectivity index (χ4n) is 1.81. The third-order valence-corrected chi connectivity index (χ3v) is 5.45. The van der Waals surface area contributed by atoms with Crippen LogP contribution in [0.1, 0.15) is 17.4 Å². The SMILES string of the molecule is CC(N)Cc1cc(Br)c(OCc2cc(Br)cs2)c(Br)c1. The van der Waals surface area contributed by atoms with Crippen molar-refractivity contribution >= 4 is 59.1 Å². The quantitative estimate of drug-likeness (QED) is 0.609. The van der Waals surface area contributed by atoms with E-state index in [1.165, 1.54) is 10.4 Å². The van der Waals surface area contributed by atoms with Gasteiger partial charge in [-0.1, -0.05) is 0 Å². The maximum atomic E-state index is 5.89. The first-order valence-electron chi connectivity index (χ1n) is 6.05. The molecule has 0 radical (unpaired) electrons. The van der Waals surface area contributed by atoms with E-state index < -0.39 is 0 Å². The standard InChI is InChI=1S/C14H14Br3NOS/c1-8(18)2-9-3-12(16)14(13(17)4-9)19-6-11-5-10(15)7-20-11/h3-5,7-8H,2,6,18H2,1H3. The summed E-state index contributed by atoms with van der Waals surface area (Å²) in [5, 5.41) is 2.05. The molecule has 6 heteroatoms. The lowest BCUT2D eigenvalue weighted by atomic mass is 10.1. The molecule has 20 heavy (non-hydrogen) atoms. The normalized spacial score (nSPS) is 12.4. The van der Waals surface area contributed by atoms with Gasteiger partial charge in [-0.15, -0.1) is 11.3 Å². The van der Waals surface area contributed by atoms with E-state index in [1.54, 1.807) is 11.3 Å². The molecule has 108 valence electrons. The summed E-state index contributed by atoms with van der Waals surface area (Å²) < 4.78 is 8.87. The van der Waals surface area contributed by atoms with Crippen molar-refractivity contribution in [2.45, 2.75) is 26.0 Å². The molecule has 1 atom stereocenters. The Hall–Kier alpha value is 0.120. The number of halogens is 3. The van der Waals surface area contributed by atoms with Gasteiger partial charge in [-0.25, -0.2) is 0 Å². The number of thiophene rings is 1. The van der Waals surface area contributed by atoms with E-state index in [0.717, 1.165) is 25.6 Å². The van der Waals surface area contributed by atoms with Crippen LogP contribution < -0.4 is 10.5 Å². The van der Waals surface area contributed by atoms with Crippen molar-refractivity contribution in [2.75, 3.05) is 0 Å². The molecule has 0 saturated heterocycles. The molecule has 1 unspecified atom stereocenters. The van der Waals surface area contributed by atoms with Gasteiger partial charge in [0, 0.05) is 20.8 Å². The Morgan fingerprint density at radius 2 is 1.85 bits per heavy atom. The Kier molecular flexibility index (Phi) is 6.10. The molecule has 1 aromatic heterocycles. The van der Waals surface area contributed by atoms with Crippen LogP contribution in [0.4, 0.5) is 0 Å². The van der Waals surface area contributed by atoms with Crippen molar-refractivity contribution in [3.63, 3.8) is 0 Å². The lowest BCUT2D eigenvalue weighted by Gasteiger charge is -2.12. The lowest BCUT2D eigenvalue weighted by molar-refractivity contribution is 0.305. The number of hydrogen-bond donors (Lipinski definition) is 1. The van der Waals surface area contributed by atoms with Gasteiger partial charge in [0.15, 0.2) is 0 Å². The second-order valence-corrected chi connectivity index (χ2v) is 8.21. The Balaban J connectivity index is 2.11. The fraction of sp³-hybridized carbons (Fsp3) is 0.286. The first-order chi connectivity index (χ1) is 9.45. The second-order valence-electron chi connectivity index (χ2n) is 4.59. The molecule has 2 nitrogen and oxygen atoms in total. The van der Waals surface area contributed by atoms with E-state index in [0.29, 0.717) is 6.61 Å². The van der Waals surface area contributed by atoms with Crippen LogP contribution in [-0.4, -0.2) is 6.04 Å². The molecule has 0 saturated carbocycles. The maximum absolute atomic E-state index is 5.89. The maximum Gasteiger partial charge on any atom is 0.148 e. The van der Waals surface area contributed by atoms with Crippen LogP contribution >= 0.6 is 59.1 Å². The number of rotatable bonds is 5. The van der Waals surface area contributed by atoms with E-state index in [1.807, 2.05) is 6.92 Å². The van der Waals surface area contributed by atoms with Gasteiger partial charge in [0.25, 0.3) is 0 Å². The summed E-state index contributed by atoms with van der Waals surface area (Å²) in [4.78, 5) is 1.18. The molecular weight excluding hydrogens is 470 g/mol. The largest absolute Gasteiger partial charge is 0.486 e. The molecular formula is C14H14Br3NOS. The second kappa shape index (κ2) is 7.40. The Bertz CT molecular complexity index is 575. The zero-order chi connectivity index (χ0) is 14.7. The number of hydrogen-bond acceptors (Lipinski definition) is 3. The van der Waals surface area contributed by atoms with E-state index in [-0.39, 0.29) is 6.04 Å². The van der Waals surface area contributed by atoms with Gasteiger partial charge in [-0.3, -0.25) is 0 Å². The molecule has 0 aliphatic rings. The third-order valence-electron chi connectivity index (χ3n) is 2.60. The summed E-state index contributed by atoms with van der Waals surface area (Å²) in [6.07, 6.45) is 0.843. The van der Waals surface area contributed by atoms with Crippen molar-refractivity contribution in [1.82, 2.24) is 0 Å². The van der Waals surface area contributed by atoms with Crippen LogP contribution in [0.3, 0.4) is 0 Å². The van der Waals surface area contributed by atoms with E-state index in [4.69, 9.17) is 10.5 Å². The Labute approximate surface area is 148 Å². The zero-order valence-corrected chi connectivity index (χ0v) is 16.4.